The Kier molecular flexibility index (Phi) is 8.09. The minimum Gasteiger partial charge on any atom is -0.480 e. The molecule has 0 bridgehead atoms. The van der Waals surface area contributed by atoms with E-state index in [0.717, 1.165) is 29.8 Å². The Hall–Kier alpha value is -1.41. The fraction of sp³-hybridized carbons (Fsp3) is 0.455. The van der Waals surface area contributed by atoms with Crippen molar-refractivity contribution < 1.29 is 9.63 Å². The summed E-state index contributed by atoms with van der Waals surface area (Å²) in [4.78, 5) is 2.52. The normalized spacial score (nSPS) is 12.8. The third-order valence-corrected chi connectivity index (χ3v) is 5.22. The predicted molar refractivity (Wildman–Crippen MR) is 113 cm³/mol. The van der Waals surface area contributed by atoms with Crippen molar-refractivity contribution >= 4 is 9.47 Å². The molecule has 2 atom stereocenters. The highest BCUT2D eigenvalue weighted by Crippen LogP contribution is 2.36. The van der Waals surface area contributed by atoms with Gasteiger partial charge in [-0.15, -0.1) is 0 Å². The minimum absolute atomic E-state index is 0.0375. The van der Waals surface area contributed by atoms with E-state index in [2.05, 4.69) is 72.4 Å². The van der Waals surface area contributed by atoms with Crippen LogP contribution < -0.4 is 4.52 Å². The van der Waals surface area contributed by atoms with Crippen molar-refractivity contribution in [3.63, 3.8) is 0 Å². The lowest BCUT2D eigenvalue weighted by Gasteiger charge is -2.32. The molecule has 0 saturated heterocycles. The zero-order chi connectivity index (χ0) is 19.1. The zero-order valence-corrected chi connectivity index (χ0v) is 17.5. The van der Waals surface area contributed by atoms with Crippen LogP contribution in [0, 0.1) is 0 Å². The molecule has 2 aromatic carbocycles. The number of rotatable bonds is 9. The lowest BCUT2D eigenvalue weighted by atomic mass is 9.86. The maximum atomic E-state index is 9.59. The number of aliphatic hydroxyl groups is 1. The van der Waals surface area contributed by atoms with Crippen LogP contribution in [0.15, 0.2) is 48.5 Å². The molecule has 1 N–H and O–H groups in total. The molecule has 1 unspecified atom stereocenters. The molecular formula is C22H32NO2P. The molecule has 0 aliphatic rings. The Balaban J connectivity index is 2.39. The van der Waals surface area contributed by atoms with E-state index in [-0.39, 0.29) is 12.5 Å². The van der Waals surface area contributed by atoms with Crippen molar-refractivity contribution in [2.75, 3.05) is 6.54 Å². The smallest absolute Gasteiger partial charge is 0.126 e. The Morgan fingerprint density at radius 3 is 2.19 bits per heavy atom. The number of nitrogens with zero attached hydrogens (tertiary/aromatic N) is 1. The minimum atomic E-state index is 0.0375. The van der Waals surface area contributed by atoms with Gasteiger partial charge < -0.3 is 9.63 Å². The Morgan fingerprint density at radius 1 is 1.00 bits per heavy atom. The van der Waals surface area contributed by atoms with Crippen LogP contribution in [-0.4, -0.2) is 28.6 Å². The lowest BCUT2D eigenvalue weighted by Crippen LogP contribution is -2.38. The Morgan fingerprint density at radius 2 is 1.65 bits per heavy atom. The highest BCUT2D eigenvalue weighted by atomic mass is 31.0. The average Bonchev–Trinajstić information content (AvgIpc) is 2.64. The van der Waals surface area contributed by atoms with Gasteiger partial charge in [0.15, 0.2) is 0 Å². The fourth-order valence-corrected chi connectivity index (χ4v) is 3.87. The summed E-state index contributed by atoms with van der Waals surface area (Å²) in [7, 11) is 2.35. The van der Waals surface area contributed by atoms with Gasteiger partial charge in [0.25, 0.3) is 0 Å². The molecule has 0 amide bonds. The van der Waals surface area contributed by atoms with Crippen LogP contribution in [0.5, 0.6) is 5.75 Å². The molecule has 3 nitrogen and oxygen atoms in total. The molecule has 0 heterocycles. The van der Waals surface area contributed by atoms with Crippen LogP contribution in [0.1, 0.15) is 56.7 Å². The number of hydrogen-bond donors (Lipinski definition) is 1. The summed E-state index contributed by atoms with van der Waals surface area (Å²) in [6, 6.07) is 17.5. The molecule has 4 heteroatoms. The second-order valence-electron chi connectivity index (χ2n) is 7.33. The SMILES string of the molecule is CC(C)N(CC[C@H](c1ccccc1)c1cc(CO)ccc1OP)C(C)C. The second-order valence-corrected chi connectivity index (χ2v) is 7.56. The van der Waals surface area contributed by atoms with Crippen molar-refractivity contribution in [3.8, 4) is 5.75 Å². The van der Waals surface area contributed by atoms with E-state index >= 15 is 0 Å². The van der Waals surface area contributed by atoms with Crippen LogP contribution in [0.2, 0.25) is 0 Å². The van der Waals surface area contributed by atoms with Gasteiger partial charge in [-0.2, -0.15) is 0 Å². The monoisotopic (exact) mass is 373 g/mol. The fourth-order valence-electron chi connectivity index (χ4n) is 3.65. The second kappa shape index (κ2) is 10.1. The van der Waals surface area contributed by atoms with Crippen LogP contribution in [0.4, 0.5) is 0 Å². The Labute approximate surface area is 160 Å². The molecular weight excluding hydrogens is 341 g/mol. The van der Waals surface area contributed by atoms with Gasteiger partial charge in [0, 0.05) is 23.6 Å². The van der Waals surface area contributed by atoms with E-state index in [1.165, 1.54) is 5.56 Å². The lowest BCUT2D eigenvalue weighted by molar-refractivity contribution is 0.170. The number of benzene rings is 2. The summed E-state index contributed by atoms with van der Waals surface area (Å²) in [6.45, 7) is 10.1. The summed E-state index contributed by atoms with van der Waals surface area (Å²) in [5.41, 5.74) is 3.32. The van der Waals surface area contributed by atoms with Gasteiger partial charge in [-0.1, -0.05) is 36.4 Å². The van der Waals surface area contributed by atoms with E-state index < -0.39 is 0 Å². The summed E-state index contributed by atoms with van der Waals surface area (Å²) in [5.74, 6) is 1.07. The van der Waals surface area contributed by atoms with Gasteiger partial charge in [-0.25, -0.2) is 0 Å². The van der Waals surface area contributed by atoms with Crippen molar-refractivity contribution in [1.29, 1.82) is 0 Å². The van der Waals surface area contributed by atoms with Crippen molar-refractivity contribution in [3.05, 3.63) is 65.2 Å². The predicted octanol–water partition coefficient (Wildman–Crippen LogP) is 4.99. The molecule has 0 aromatic heterocycles. The Bertz CT molecular complexity index is 665. The molecule has 142 valence electrons. The van der Waals surface area contributed by atoms with Gasteiger partial charge in [0.2, 0.25) is 0 Å². The number of hydrogen-bond acceptors (Lipinski definition) is 3. The molecule has 2 rings (SSSR count). The highest BCUT2D eigenvalue weighted by molar-refractivity contribution is 7.10. The van der Waals surface area contributed by atoms with Crippen LogP contribution in [0.25, 0.3) is 0 Å². The van der Waals surface area contributed by atoms with Crippen LogP contribution in [-0.2, 0) is 6.61 Å². The average molecular weight is 373 g/mol. The van der Waals surface area contributed by atoms with Gasteiger partial charge in [0.05, 0.1) is 16.1 Å². The summed E-state index contributed by atoms with van der Waals surface area (Å²) in [6.07, 6.45) is 0.996. The third kappa shape index (κ3) is 5.30. The van der Waals surface area contributed by atoms with Crippen molar-refractivity contribution in [2.24, 2.45) is 0 Å². The quantitative estimate of drug-likeness (QED) is 0.629. The molecule has 0 spiro atoms. The van der Waals surface area contributed by atoms with Crippen molar-refractivity contribution in [1.82, 2.24) is 4.90 Å². The van der Waals surface area contributed by atoms with E-state index in [4.69, 9.17) is 4.52 Å². The molecule has 0 aliphatic carbocycles. The first-order valence-corrected chi connectivity index (χ1v) is 9.86. The molecule has 0 radical (unpaired) electrons. The molecule has 0 fully saturated rings. The van der Waals surface area contributed by atoms with Crippen LogP contribution in [0.3, 0.4) is 0 Å². The third-order valence-electron chi connectivity index (χ3n) is 4.96. The molecule has 2 aromatic rings. The van der Waals surface area contributed by atoms with Gasteiger partial charge in [0.1, 0.15) is 5.75 Å². The topological polar surface area (TPSA) is 32.7 Å². The van der Waals surface area contributed by atoms with Gasteiger partial charge >= 0.3 is 0 Å². The zero-order valence-electron chi connectivity index (χ0n) is 16.4. The highest BCUT2D eigenvalue weighted by Gasteiger charge is 2.22. The maximum absolute atomic E-state index is 9.59. The van der Waals surface area contributed by atoms with E-state index in [0.29, 0.717) is 12.1 Å². The van der Waals surface area contributed by atoms with Crippen LogP contribution >= 0.6 is 9.47 Å². The standard InChI is InChI=1S/C22H32NO2P/c1-16(2)23(17(3)4)13-12-20(19-8-6-5-7-9-19)21-14-18(15-24)10-11-22(21)25-26/h5-11,14,16-17,20,24H,12-13,15,26H2,1-4H3/t20-/m1/s1. The summed E-state index contributed by atoms with van der Waals surface area (Å²) < 4.78 is 5.57. The molecule has 0 aliphatic heterocycles. The molecule has 26 heavy (non-hydrogen) atoms. The van der Waals surface area contributed by atoms with E-state index in [9.17, 15) is 5.11 Å². The van der Waals surface area contributed by atoms with Gasteiger partial charge in [-0.05, 0) is 63.9 Å². The molecule has 0 saturated carbocycles. The first kappa shape index (κ1) is 20.9. The van der Waals surface area contributed by atoms with Gasteiger partial charge in [-0.3, -0.25) is 4.90 Å². The summed E-state index contributed by atoms with van der Waals surface area (Å²) in [5, 5.41) is 9.59. The number of aliphatic hydroxyl groups excluding tert-OH is 1. The summed E-state index contributed by atoms with van der Waals surface area (Å²) >= 11 is 0. The van der Waals surface area contributed by atoms with Crippen molar-refractivity contribution in [2.45, 2.75) is 58.7 Å². The van der Waals surface area contributed by atoms with E-state index in [1.54, 1.807) is 0 Å². The first-order chi connectivity index (χ1) is 12.5. The first-order valence-electron chi connectivity index (χ1n) is 9.39. The van der Waals surface area contributed by atoms with E-state index in [1.807, 2.05) is 18.2 Å². The largest absolute Gasteiger partial charge is 0.480 e. The maximum Gasteiger partial charge on any atom is 0.126 e.